The van der Waals surface area contributed by atoms with Crippen LogP contribution in [0.2, 0.25) is 0 Å². The molecular weight excluding hydrogens is 662 g/mol. The van der Waals surface area contributed by atoms with E-state index in [1.807, 2.05) is 89.7 Å². The molecule has 0 radical (unpaired) electrons. The Kier molecular flexibility index (Phi) is 19.4. The van der Waals surface area contributed by atoms with Crippen molar-refractivity contribution in [1.29, 1.82) is 0 Å². The Labute approximate surface area is 315 Å². The van der Waals surface area contributed by atoms with Crippen molar-refractivity contribution < 1.29 is 34.4 Å². The summed E-state index contributed by atoms with van der Waals surface area (Å²) in [5.41, 5.74) is 0. The van der Waals surface area contributed by atoms with Crippen molar-refractivity contribution in [3.63, 3.8) is 0 Å². The molecule has 0 aromatic rings. The third-order valence-corrected chi connectivity index (χ3v) is 11.7. The lowest BCUT2D eigenvalue weighted by Crippen LogP contribution is -2.61. The highest BCUT2D eigenvalue weighted by molar-refractivity contribution is 5.83. The first-order valence-corrected chi connectivity index (χ1v) is 19.6. The smallest absolute Gasteiger partial charge is 0.240 e. The molecular formula is C40H75N5O7. The van der Waals surface area contributed by atoms with Crippen LogP contribution in [-0.2, 0) is 19.1 Å². The van der Waals surface area contributed by atoms with Crippen LogP contribution in [0.4, 0.5) is 0 Å². The molecule has 0 aromatic carbocycles. The molecule has 2 aliphatic rings. The number of ether oxygens (including phenoxy) is 2. The molecule has 1 aliphatic carbocycles. The van der Waals surface area contributed by atoms with Crippen molar-refractivity contribution >= 4 is 11.8 Å². The number of carbonyl (C=O) groups excluding carboxylic acids is 2. The molecule has 302 valence electrons. The summed E-state index contributed by atoms with van der Waals surface area (Å²) in [7, 11) is 8.83. The molecule has 0 spiro atoms. The number of nitrogens with one attached hydrogen (secondary N) is 2. The average molecular weight is 738 g/mol. The number of allylic oxidation sites excluding steroid dienone is 3. The standard InChI is InChI=1S/C40H75N5O7/c1-14-26(6)35(44(11)40(50)33(24(2)3)42-39(49)34(25(4)5)43(9)10)31(51-12)23-32(46)45-22-18-21-30(45)37(52-13)27(7)38(48)41-28(8)36(47)29-19-16-15-17-20-29/h15-17,19,24-31,33-39,41-42,47-49H,14,18,20-23H2,1-13H3/t26-,27?,28?,29?,30?,31?,33-,34-,35?,36?,37?,38?,39?/m0/s1. The molecule has 13 atom stereocenters. The zero-order valence-corrected chi connectivity index (χ0v) is 34.5. The normalized spacial score (nSPS) is 24.3. The van der Waals surface area contributed by atoms with Gasteiger partial charge in [0.05, 0.1) is 48.9 Å². The van der Waals surface area contributed by atoms with E-state index in [9.17, 15) is 24.9 Å². The molecule has 0 aromatic heterocycles. The number of aliphatic hydroxyl groups is 3. The van der Waals surface area contributed by atoms with E-state index in [4.69, 9.17) is 9.47 Å². The van der Waals surface area contributed by atoms with Crippen molar-refractivity contribution in [3.8, 4) is 0 Å². The first-order valence-electron chi connectivity index (χ1n) is 19.6. The summed E-state index contributed by atoms with van der Waals surface area (Å²) in [4.78, 5) is 34.0. The van der Waals surface area contributed by atoms with Crippen LogP contribution >= 0.6 is 0 Å². The minimum absolute atomic E-state index is 0.0226. The Morgan fingerprint density at radius 2 is 1.56 bits per heavy atom. The molecule has 52 heavy (non-hydrogen) atoms. The van der Waals surface area contributed by atoms with Crippen molar-refractivity contribution in [1.82, 2.24) is 25.3 Å². The molecule has 2 amide bonds. The van der Waals surface area contributed by atoms with Crippen LogP contribution in [0.5, 0.6) is 0 Å². The summed E-state index contributed by atoms with van der Waals surface area (Å²) in [5, 5.41) is 39.9. The third kappa shape index (κ3) is 12.1. The highest BCUT2D eigenvalue weighted by atomic mass is 16.5. The Hall–Kier alpha value is -1.90. The maximum Gasteiger partial charge on any atom is 0.240 e. The van der Waals surface area contributed by atoms with Gasteiger partial charge in [0.1, 0.15) is 12.5 Å². The lowest BCUT2D eigenvalue weighted by atomic mass is 9.89. The minimum Gasteiger partial charge on any atom is -0.391 e. The number of likely N-dealkylation sites (N-methyl/N-ethyl adjacent to an activating group) is 2. The van der Waals surface area contributed by atoms with Crippen molar-refractivity contribution in [2.45, 2.75) is 148 Å². The second-order valence-corrected chi connectivity index (χ2v) is 16.3. The first kappa shape index (κ1) is 46.3. The first-order chi connectivity index (χ1) is 24.4. The van der Waals surface area contributed by atoms with E-state index in [0.29, 0.717) is 6.54 Å². The number of rotatable bonds is 22. The number of carbonyl (C=O) groups is 2. The molecule has 12 heteroatoms. The number of hydrogen-bond acceptors (Lipinski definition) is 10. The maximum absolute atomic E-state index is 14.3. The van der Waals surface area contributed by atoms with Crippen molar-refractivity contribution in [3.05, 3.63) is 24.3 Å². The second-order valence-electron chi connectivity index (χ2n) is 16.3. The van der Waals surface area contributed by atoms with Crippen molar-refractivity contribution in [2.75, 3.05) is 41.9 Å². The van der Waals surface area contributed by atoms with E-state index in [1.165, 1.54) is 0 Å². The Morgan fingerprint density at radius 1 is 0.904 bits per heavy atom. The lowest BCUT2D eigenvalue weighted by Gasteiger charge is -2.42. The molecule has 0 saturated carbocycles. The molecule has 1 heterocycles. The van der Waals surface area contributed by atoms with Crippen LogP contribution in [0.25, 0.3) is 0 Å². The van der Waals surface area contributed by atoms with Crippen LogP contribution < -0.4 is 10.6 Å². The van der Waals surface area contributed by atoms with Gasteiger partial charge in [-0.3, -0.25) is 20.2 Å². The molecule has 1 aliphatic heterocycles. The Morgan fingerprint density at radius 3 is 2.06 bits per heavy atom. The quantitative estimate of drug-likeness (QED) is 0.105. The fraction of sp³-hybridized carbons (Fsp3) is 0.850. The van der Waals surface area contributed by atoms with E-state index in [1.54, 1.807) is 26.2 Å². The van der Waals surface area contributed by atoms with Gasteiger partial charge in [0.15, 0.2) is 0 Å². The highest BCUT2D eigenvalue weighted by Gasteiger charge is 2.43. The van der Waals surface area contributed by atoms with Crippen LogP contribution in [-0.4, -0.2) is 145 Å². The number of nitrogens with zero attached hydrogens (tertiary/aromatic N) is 3. The lowest BCUT2D eigenvalue weighted by molar-refractivity contribution is -0.147. The van der Waals surface area contributed by atoms with Gasteiger partial charge in [-0.2, -0.15) is 0 Å². The second kappa shape index (κ2) is 21.9. The largest absolute Gasteiger partial charge is 0.391 e. The topological polar surface area (TPSA) is 147 Å². The van der Waals surface area contributed by atoms with Gasteiger partial charge >= 0.3 is 0 Å². The summed E-state index contributed by atoms with van der Waals surface area (Å²) in [6, 6.07) is -1.85. The summed E-state index contributed by atoms with van der Waals surface area (Å²) in [5.74, 6) is -0.570. The third-order valence-electron chi connectivity index (χ3n) is 11.7. The number of aliphatic hydroxyl groups excluding tert-OH is 3. The summed E-state index contributed by atoms with van der Waals surface area (Å²) in [6.45, 7) is 16.5. The van der Waals surface area contributed by atoms with Gasteiger partial charge in [-0.05, 0) is 58.0 Å². The van der Waals surface area contributed by atoms with E-state index in [0.717, 1.165) is 25.7 Å². The minimum atomic E-state index is -0.967. The molecule has 1 fully saturated rings. The SMILES string of the molecule is CC[C@H](C)C(C(CC(=O)N1CCCC1C(OC)C(C)C(O)NC(C)C(O)C1C=CC=CC1)OC)N(C)C(=O)[C@@H](NC(O)[C@H](C(C)C)N(C)C)C(C)C. The van der Waals surface area contributed by atoms with Gasteiger partial charge in [-0.25, -0.2) is 0 Å². The van der Waals surface area contributed by atoms with Gasteiger partial charge in [-0.1, -0.05) is 79.2 Å². The van der Waals surface area contributed by atoms with E-state index < -0.39 is 42.9 Å². The van der Waals surface area contributed by atoms with Gasteiger partial charge in [0.2, 0.25) is 11.8 Å². The van der Waals surface area contributed by atoms with E-state index in [2.05, 4.69) is 24.5 Å². The van der Waals surface area contributed by atoms with Gasteiger partial charge < -0.3 is 39.5 Å². The van der Waals surface area contributed by atoms with Gasteiger partial charge in [-0.15, -0.1) is 0 Å². The fourth-order valence-corrected chi connectivity index (χ4v) is 8.40. The molecule has 1 saturated heterocycles. The molecule has 12 nitrogen and oxygen atoms in total. The van der Waals surface area contributed by atoms with Gasteiger partial charge in [0, 0.05) is 45.7 Å². The average Bonchev–Trinajstić information content (AvgIpc) is 3.59. The van der Waals surface area contributed by atoms with Crippen LogP contribution in [0.15, 0.2) is 24.3 Å². The number of hydrogen-bond donors (Lipinski definition) is 5. The molecule has 5 N–H and O–H groups in total. The Balaban J connectivity index is 2.23. The predicted molar refractivity (Wildman–Crippen MR) is 207 cm³/mol. The number of methoxy groups -OCH3 is 2. The zero-order valence-electron chi connectivity index (χ0n) is 34.5. The van der Waals surface area contributed by atoms with Crippen LogP contribution in [0.1, 0.15) is 87.5 Å². The number of amides is 2. The molecule has 10 unspecified atom stereocenters. The monoisotopic (exact) mass is 738 g/mol. The Bertz CT molecular complexity index is 1130. The molecule has 2 rings (SSSR count). The number of likely N-dealkylation sites (tertiary alicyclic amines) is 1. The molecule has 0 bridgehead atoms. The predicted octanol–water partition coefficient (Wildman–Crippen LogP) is 3.22. The van der Waals surface area contributed by atoms with Crippen molar-refractivity contribution in [2.24, 2.45) is 29.6 Å². The zero-order chi connectivity index (χ0) is 39.4. The van der Waals surface area contributed by atoms with Crippen LogP contribution in [0.3, 0.4) is 0 Å². The summed E-state index contributed by atoms with van der Waals surface area (Å²) in [6.07, 6.45) is 7.48. The maximum atomic E-state index is 14.3. The summed E-state index contributed by atoms with van der Waals surface area (Å²) >= 11 is 0. The van der Waals surface area contributed by atoms with Gasteiger partial charge in [0.25, 0.3) is 0 Å². The fourth-order valence-electron chi connectivity index (χ4n) is 8.40. The van der Waals surface area contributed by atoms with Crippen LogP contribution in [0, 0.1) is 29.6 Å². The summed E-state index contributed by atoms with van der Waals surface area (Å²) < 4.78 is 12.0. The van der Waals surface area contributed by atoms with E-state index in [-0.39, 0.29) is 66.0 Å². The highest BCUT2D eigenvalue weighted by Crippen LogP contribution is 2.31. The van der Waals surface area contributed by atoms with E-state index >= 15 is 0 Å².